The molecule has 4 rings (SSSR count). The summed E-state index contributed by atoms with van der Waals surface area (Å²) in [5.41, 5.74) is 10.4. The van der Waals surface area contributed by atoms with Crippen molar-refractivity contribution in [1.82, 2.24) is 14.9 Å². The predicted molar refractivity (Wildman–Crippen MR) is 85.3 cm³/mol. The third kappa shape index (κ3) is 2.55. The Labute approximate surface area is 129 Å². The van der Waals surface area contributed by atoms with E-state index in [0.29, 0.717) is 12.6 Å². The lowest BCUT2D eigenvalue weighted by atomic mass is 10.0. The minimum absolute atomic E-state index is 0.368. The normalized spacial score (nSPS) is 17.2. The van der Waals surface area contributed by atoms with Gasteiger partial charge in [-0.25, -0.2) is 9.97 Å². The summed E-state index contributed by atoms with van der Waals surface area (Å²) >= 11 is 0. The molecule has 2 aliphatic heterocycles. The largest absolute Gasteiger partial charge is 0.489 e. The molecule has 1 aromatic carbocycles. The van der Waals surface area contributed by atoms with Crippen LogP contribution in [0, 0.1) is 0 Å². The molecule has 2 aliphatic rings. The Balaban J connectivity index is 1.49. The summed E-state index contributed by atoms with van der Waals surface area (Å²) in [6.07, 6.45) is 5.02. The Morgan fingerprint density at radius 1 is 1.27 bits per heavy atom. The maximum atomic E-state index is 5.83. The second-order valence-electron chi connectivity index (χ2n) is 5.79. The summed E-state index contributed by atoms with van der Waals surface area (Å²) in [4.78, 5) is 10.8. The van der Waals surface area contributed by atoms with Crippen molar-refractivity contribution in [3.05, 3.63) is 52.9 Å². The Kier molecular flexibility index (Phi) is 3.27. The van der Waals surface area contributed by atoms with Gasteiger partial charge in [0.05, 0.1) is 5.69 Å². The highest BCUT2D eigenvalue weighted by molar-refractivity contribution is 5.62. The molecule has 0 aliphatic carbocycles. The lowest BCUT2D eigenvalue weighted by molar-refractivity contribution is 0.255. The summed E-state index contributed by atoms with van der Waals surface area (Å²) in [5, 5.41) is 0. The zero-order valence-corrected chi connectivity index (χ0v) is 12.3. The number of nitrogens with zero attached hydrogens (tertiary/aromatic N) is 3. The molecule has 0 bridgehead atoms. The molecule has 0 radical (unpaired) electrons. The highest BCUT2D eigenvalue weighted by atomic mass is 16.5. The molecule has 0 atom stereocenters. The van der Waals surface area contributed by atoms with E-state index in [9.17, 15) is 0 Å². The molecule has 0 spiro atoms. The van der Waals surface area contributed by atoms with Gasteiger partial charge in [-0.05, 0) is 17.7 Å². The molecular weight excluding hydrogens is 276 g/mol. The van der Waals surface area contributed by atoms with Crippen molar-refractivity contribution in [2.24, 2.45) is 0 Å². The van der Waals surface area contributed by atoms with Gasteiger partial charge in [-0.3, -0.25) is 4.90 Å². The smallest absolute Gasteiger partial charge is 0.220 e. The first-order valence-electron chi connectivity index (χ1n) is 7.52. The second kappa shape index (κ2) is 5.42. The van der Waals surface area contributed by atoms with Crippen LogP contribution in [0.2, 0.25) is 0 Å². The summed E-state index contributed by atoms with van der Waals surface area (Å²) < 4.78 is 5.83. The van der Waals surface area contributed by atoms with Crippen LogP contribution in [-0.4, -0.2) is 34.6 Å². The average molecular weight is 294 g/mol. The molecule has 0 fully saturated rings. The van der Waals surface area contributed by atoms with Crippen molar-refractivity contribution in [1.29, 1.82) is 0 Å². The van der Waals surface area contributed by atoms with Crippen molar-refractivity contribution in [2.75, 3.05) is 25.4 Å². The van der Waals surface area contributed by atoms with E-state index < -0.39 is 0 Å². The van der Waals surface area contributed by atoms with Crippen LogP contribution in [0.4, 0.5) is 5.95 Å². The quantitative estimate of drug-likeness (QED) is 0.916. The summed E-state index contributed by atoms with van der Waals surface area (Å²) in [7, 11) is 0. The SMILES string of the molecule is Nc1ncc2c(n1)CCN(CC1=Cc3ccccc3OC1)C2. The van der Waals surface area contributed by atoms with Crippen LogP contribution in [0.15, 0.2) is 36.0 Å². The Morgan fingerprint density at radius 3 is 3.14 bits per heavy atom. The number of nitrogens with two attached hydrogens (primary N) is 1. The molecule has 0 unspecified atom stereocenters. The highest BCUT2D eigenvalue weighted by Crippen LogP contribution is 2.27. The molecule has 0 saturated heterocycles. The monoisotopic (exact) mass is 294 g/mol. The van der Waals surface area contributed by atoms with E-state index >= 15 is 0 Å². The van der Waals surface area contributed by atoms with Crippen LogP contribution in [0.1, 0.15) is 16.8 Å². The third-order valence-corrected chi connectivity index (χ3v) is 4.15. The summed E-state index contributed by atoms with van der Waals surface area (Å²) in [5.74, 6) is 1.34. The van der Waals surface area contributed by atoms with E-state index in [4.69, 9.17) is 10.5 Å². The Bertz CT molecular complexity index is 741. The van der Waals surface area contributed by atoms with Gasteiger partial charge in [0.15, 0.2) is 0 Å². The number of aromatic nitrogens is 2. The van der Waals surface area contributed by atoms with Crippen LogP contribution < -0.4 is 10.5 Å². The molecule has 5 nitrogen and oxygen atoms in total. The maximum absolute atomic E-state index is 5.83. The minimum atomic E-state index is 0.368. The molecule has 22 heavy (non-hydrogen) atoms. The van der Waals surface area contributed by atoms with Crippen LogP contribution in [0.25, 0.3) is 6.08 Å². The number of hydrogen-bond acceptors (Lipinski definition) is 5. The van der Waals surface area contributed by atoms with E-state index in [1.165, 1.54) is 11.1 Å². The van der Waals surface area contributed by atoms with Crippen LogP contribution >= 0.6 is 0 Å². The first-order chi connectivity index (χ1) is 10.8. The zero-order valence-electron chi connectivity index (χ0n) is 12.3. The molecule has 1 aromatic heterocycles. The van der Waals surface area contributed by atoms with Gasteiger partial charge < -0.3 is 10.5 Å². The standard InChI is InChI=1S/C17H18N4O/c18-17-19-8-14-10-21(6-5-15(14)20-17)9-12-7-13-3-1-2-4-16(13)22-11-12/h1-4,7-8H,5-6,9-11H2,(H2,18,19,20). The first kappa shape index (κ1) is 13.3. The molecular formula is C17H18N4O. The van der Waals surface area contributed by atoms with Crippen LogP contribution in [0.3, 0.4) is 0 Å². The molecule has 3 heterocycles. The number of para-hydroxylation sites is 1. The number of hydrogen-bond donors (Lipinski definition) is 1. The fourth-order valence-corrected chi connectivity index (χ4v) is 3.07. The first-order valence-corrected chi connectivity index (χ1v) is 7.52. The summed E-state index contributed by atoms with van der Waals surface area (Å²) in [6, 6.07) is 8.16. The second-order valence-corrected chi connectivity index (χ2v) is 5.79. The van der Waals surface area contributed by atoms with Gasteiger partial charge in [-0.1, -0.05) is 18.2 Å². The molecule has 2 aromatic rings. The van der Waals surface area contributed by atoms with Gasteiger partial charge in [0.2, 0.25) is 5.95 Å². The van der Waals surface area contributed by atoms with Gasteiger partial charge in [0, 0.05) is 43.4 Å². The van der Waals surface area contributed by atoms with E-state index in [0.717, 1.165) is 43.1 Å². The summed E-state index contributed by atoms with van der Waals surface area (Å²) in [6.45, 7) is 3.44. The zero-order chi connectivity index (χ0) is 14.9. The van der Waals surface area contributed by atoms with Crippen molar-refractivity contribution in [2.45, 2.75) is 13.0 Å². The lowest BCUT2D eigenvalue weighted by Crippen LogP contribution is -2.34. The molecule has 2 N–H and O–H groups in total. The van der Waals surface area contributed by atoms with Crippen molar-refractivity contribution in [3.8, 4) is 5.75 Å². The molecule has 112 valence electrons. The van der Waals surface area contributed by atoms with Crippen molar-refractivity contribution < 1.29 is 4.74 Å². The molecule has 0 amide bonds. The molecule has 5 heteroatoms. The van der Waals surface area contributed by atoms with E-state index in [-0.39, 0.29) is 0 Å². The van der Waals surface area contributed by atoms with Crippen LogP contribution in [0.5, 0.6) is 5.75 Å². The fraction of sp³-hybridized carbons (Fsp3) is 0.294. The van der Waals surface area contributed by atoms with Gasteiger partial charge in [0.25, 0.3) is 0 Å². The van der Waals surface area contributed by atoms with Crippen molar-refractivity contribution >= 4 is 12.0 Å². The number of benzene rings is 1. The third-order valence-electron chi connectivity index (χ3n) is 4.15. The number of nitrogen functional groups attached to an aromatic ring is 1. The van der Waals surface area contributed by atoms with Crippen LogP contribution in [-0.2, 0) is 13.0 Å². The number of fused-ring (bicyclic) bond motifs is 2. The van der Waals surface area contributed by atoms with Gasteiger partial charge in [-0.15, -0.1) is 0 Å². The molecule has 0 saturated carbocycles. The Morgan fingerprint density at radius 2 is 2.18 bits per heavy atom. The van der Waals surface area contributed by atoms with E-state index in [2.05, 4.69) is 27.0 Å². The van der Waals surface area contributed by atoms with Gasteiger partial charge in [-0.2, -0.15) is 0 Å². The fourth-order valence-electron chi connectivity index (χ4n) is 3.07. The minimum Gasteiger partial charge on any atom is -0.489 e. The topological polar surface area (TPSA) is 64.3 Å². The van der Waals surface area contributed by atoms with Gasteiger partial charge >= 0.3 is 0 Å². The van der Waals surface area contributed by atoms with Crippen molar-refractivity contribution in [3.63, 3.8) is 0 Å². The van der Waals surface area contributed by atoms with Gasteiger partial charge in [0.1, 0.15) is 12.4 Å². The number of rotatable bonds is 2. The Hall–Kier alpha value is -2.40. The number of ether oxygens (including phenoxy) is 1. The predicted octanol–water partition coefficient (Wildman–Crippen LogP) is 1.89. The van der Waals surface area contributed by atoms with E-state index in [1.807, 2.05) is 24.4 Å². The lowest BCUT2D eigenvalue weighted by Gasteiger charge is -2.29. The highest BCUT2D eigenvalue weighted by Gasteiger charge is 2.20. The number of anilines is 1. The average Bonchev–Trinajstić information content (AvgIpc) is 2.55. The maximum Gasteiger partial charge on any atom is 0.220 e. The van der Waals surface area contributed by atoms with E-state index in [1.54, 1.807) is 0 Å².